The standard InChI is InChI=1S/C16H32N4/c1-4-5-9-20-10-7-6-8-14(20)12-18-16(17-3)19-15-11-13(15)2/h13-15H,4-12H2,1-3H3,(H2,17,18,19). The van der Waals surface area contributed by atoms with Crippen LogP contribution in [0.25, 0.3) is 0 Å². The van der Waals surface area contributed by atoms with Crippen molar-refractivity contribution in [3.8, 4) is 0 Å². The molecule has 1 saturated heterocycles. The first kappa shape index (κ1) is 15.6. The summed E-state index contributed by atoms with van der Waals surface area (Å²) in [5.74, 6) is 1.80. The topological polar surface area (TPSA) is 39.7 Å². The summed E-state index contributed by atoms with van der Waals surface area (Å²) in [6.45, 7) is 8.13. The molecule has 4 heteroatoms. The number of guanidine groups is 1. The normalized spacial score (nSPS) is 31.1. The van der Waals surface area contributed by atoms with Crippen molar-refractivity contribution in [3.63, 3.8) is 0 Å². The molecular formula is C16H32N4. The van der Waals surface area contributed by atoms with E-state index in [1.54, 1.807) is 0 Å². The molecule has 2 rings (SSSR count). The number of rotatable bonds is 6. The van der Waals surface area contributed by atoms with E-state index >= 15 is 0 Å². The minimum absolute atomic E-state index is 0.642. The van der Waals surface area contributed by atoms with Gasteiger partial charge in [0.15, 0.2) is 5.96 Å². The van der Waals surface area contributed by atoms with Crippen LogP contribution in [0.4, 0.5) is 0 Å². The molecule has 116 valence electrons. The second-order valence-electron chi connectivity index (χ2n) is 6.46. The maximum Gasteiger partial charge on any atom is 0.191 e. The molecule has 0 aromatic rings. The van der Waals surface area contributed by atoms with E-state index in [-0.39, 0.29) is 0 Å². The third-order valence-corrected chi connectivity index (χ3v) is 4.71. The molecule has 2 N–H and O–H groups in total. The van der Waals surface area contributed by atoms with E-state index in [2.05, 4.69) is 34.4 Å². The minimum atomic E-state index is 0.642. The number of likely N-dealkylation sites (tertiary alicyclic amines) is 1. The van der Waals surface area contributed by atoms with E-state index in [0.717, 1.165) is 18.4 Å². The molecule has 2 fully saturated rings. The molecule has 0 radical (unpaired) electrons. The van der Waals surface area contributed by atoms with Crippen molar-refractivity contribution in [1.82, 2.24) is 15.5 Å². The molecule has 2 aliphatic rings. The fraction of sp³-hybridized carbons (Fsp3) is 0.938. The van der Waals surface area contributed by atoms with Gasteiger partial charge in [-0.2, -0.15) is 0 Å². The predicted molar refractivity (Wildman–Crippen MR) is 86.2 cm³/mol. The zero-order chi connectivity index (χ0) is 14.4. The van der Waals surface area contributed by atoms with Crippen LogP contribution in [0, 0.1) is 5.92 Å². The monoisotopic (exact) mass is 280 g/mol. The van der Waals surface area contributed by atoms with Crippen molar-refractivity contribution in [2.24, 2.45) is 10.9 Å². The van der Waals surface area contributed by atoms with Gasteiger partial charge in [0.2, 0.25) is 0 Å². The largest absolute Gasteiger partial charge is 0.355 e. The molecule has 1 aliphatic carbocycles. The summed E-state index contributed by atoms with van der Waals surface area (Å²) in [7, 11) is 1.87. The maximum absolute atomic E-state index is 4.35. The summed E-state index contributed by atoms with van der Waals surface area (Å²) in [5, 5.41) is 7.04. The lowest BCUT2D eigenvalue weighted by molar-refractivity contribution is 0.147. The first-order valence-electron chi connectivity index (χ1n) is 8.45. The third kappa shape index (κ3) is 4.65. The van der Waals surface area contributed by atoms with Gasteiger partial charge in [0.1, 0.15) is 0 Å². The van der Waals surface area contributed by atoms with E-state index in [0.29, 0.717) is 12.1 Å². The lowest BCUT2D eigenvalue weighted by atomic mass is 10.0. The highest BCUT2D eigenvalue weighted by Crippen LogP contribution is 2.28. The SMILES string of the molecule is CCCCN1CCCCC1CNC(=NC)NC1CC1C. The zero-order valence-electron chi connectivity index (χ0n) is 13.5. The van der Waals surface area contributed by atoms with Gasteiger partial charge in [-0.05, 0) is 44.7 Å². The lowest BCUT2D eigenvalue weighted by Gasteiger charge is -2.36. The van der Waals surface area contributed by atoms with Gasteiger partial charge < -0.3 is 10.6 Å². The maximum atomic E-state index is 4.35. The van der Waals surface area contributed by atoms with E-state index < -0.39 is 0 Å². The molecule has 0 amide bonds. The molecular weight excluding hydrogens is 248 g/mol. The summed E-state index contributed by atoms with van der Waals surface area (Å²) in [6.07, 6.45) is 7.97. The fourth-order valence-corrected chi connectivity index (χ4v) is 3.05. The first-order chi connectivity index (χ1) is 9.74. The highest BCUT2D eigenvalue weighted by molar-refractivity contribution is 5.80. The zero-order valence-corrected chi connectivity index (χ0v) is 13.5. The molecule has 1 saturated carbocycles. The fourth-order valence-electron chi connectivity index (χ4n) is 3.05. The summed E-state index contributed by atoms with van der Waals surface area (Å²) in [5.41, 5.74) is 0. The van der Waals surface area contributed by atoms with Gasteiger partial charge in [-0.25, -0.2) is 0 Å². The second kappa shape index (κ2) is 7.87. The molecule has 0 aromatic heterocycles. The average molecular weight is 280 g/mol. The number of nitrogens with zero attached hydrogens (tertiary/aromatic N) is 2. The molecule has 0 aromatic carbocycles. The van der Waals surface area contributed by atoms with Crippen molar-refractivity contribution in [2.75, 3.05) is 26.7 Å². The Labute approximate surface area is 124 Å². The summed E-state index contributed by atoms with van der Waals surface area (Å²) in [6, 6.07) is 1.33. The van der Waals surface area contributed by atoms with E-state index in [1.807, 2.05) is 7.05 Å². The van der Waals surface area contributed by atoms with Crippen molar-refractivity contribution < 1.29 is 0 Å². The van der Waals surface area contributed by atoms with Crippen molar-refractivity contribution >= 4 is 5.96 Å². The van der Waals surface area contributed by atoms with Crippen LogP contribution in [0.15, 0.2) is 4.99 Å². The Balaban J connectivity index is 1.74. The van der Waals surface area contributed by atoms with Crippen LogP contribution in [-0.2, 0) is 0 Å². The van der Waals surface area contributed by atoms with Gasteiger partial charge in [0.25, 0.3) is 0 Å². The Hall–Kier alpha value is -0.770. The average Bonchev–Trinajstić information content (AvgIpc) is 3.17. The highest BCUT2D eigenvalue weighted by atomic mass is 15.2. The van der Waals surface area contributed by atoms with Crippen LogP contribution in [-0.4, -0.2) is 49.6 Å². The minimum Gasteiger partial charge on any atom is -0.355 e. The number of piperidine rings is 1. The molecule has 3 unspecified atom stereocenters. The third-order valence-electron chi connectivity index (χ3n) is 4.71. The molecule has 0 bridgehead atoms. The summed E-state index contributed by atoms with van der Waals surface area (Å²) >= 11 is 0. The number of nitrogens with one attached hydrogen (secondary N) is 2. The van der Waals surface area contributed by atoms with Crippen LogP contribution in [0.5, 0.6) is 0 Å². The van der Waals surface area contributed by atoms with Crippen LogP contribution in [0.3, 0.4) is 0 Å². The van der Waals surface area contributed by atoms with E-state index in [1.165, 1.54) is 51.6 Å². The Morgan fingerprint density at radius 3 is 2.80 bits per heavy atom. The van der Waals surface area contributed by atoms with Gasteiger partial charge >= 0.3 is 0 Å². The Morgan fingerprint density at radius 2 is 2.15 bits per heavy atom. The Kier molecular flexibility index (Phi) is 6.14. The molecule has 1 aliphatic heterocycles. The number of hydrogen-bond donors (Lipinski definition) is 2. The summed E-state index contributed by atoms with van der Waals surface area (Å²) < 4.78 is 0. The van der Waals surface area contributed by atoms with E-state index in [9.17, 15) is 0 Å². The van der Waals surface area contributed by atoms with Crippen LogP contribution in [0.1, 0.15) is 52.4 Å². The second-order valence-corrected chi connectivity index (χ2v) is 6.46. The highest BCUT2D eigenvalue weighted by Gasteiger charge is 2.33. The van der Waals surface area contributed by atoms with Crippen LogP contribution >= 0.6 is 0 Å². The molecule has 3 atom stereocenters. The molecule has 0 spiro atoms. The van der Waals surface area contributed by atoms with Crippen LogP contribution in [0.2, 0.25) is 0 Å². The van der Waals surface area contributed by atoms with Gasteiger partial charge in [-0.1, -0.05) is 26.7 Å². The van der Waals surface area contributed by atoms with Crippen molar-refractivity contribution in [3.05, 3.63) is 0 Å². The first-order valence-corrected chi connectivity index (χ1v) is 8.45. The lowest BCUT2D eigenvalue weighted by Crippen LogP contribution is -2.49. The molecule has 20 heavy (non-hydrogen) atoms. The molecule has 1 heterocycles. The summed E-state index contributed by atoms with van der Waals surface area (Å²) in [4.78, 5) is 7.02. The van der Waals surface area contributed by atoms with Gasteiger partial charge in [0, 0.05) is 25.7 Å². The van der Waals surface area contributed by atoms with Gasteiger partial charge in [-0.3, -0.25) is 9.89 Å². The smallest absolute Gasteiger partial charge is 0.191 e. The quantitative estimate of drug-likeness (QED) is 0.579. The van der Waals surface area contributed by atoms with Crippen LogP contribution < -0.4 is 10.6 Å². The van der Waals surface area contributed by atoms with Gasteiger partial charge in [0.05, 0.1) is 0 Å². The number of unbranched alkanes of at least 4 members (excludes halogenated alkanes) is 1. The Morgan fingerprint density at radius 1 is 1.35 bits per heavy atom. The Bertz CT molecular complexity index is 316. The number of aliphatic imine (C=N–C) groups is 1. The van der Waals surface area contributed by atoms with Crippen molar-refractivity contribution in [1.29, 1.82) is 0 Å². The van der Waals surface area contributed by atoms with E-state index in [4.69, 9.17) is 0 Å². The van der Waals surface area contributed by atoms with Gasteiger partial charge in [-0.15, -0.1) is 0 Å². The molecule has 4 nitrogen and oxygen atoms in total. The van der Waals surface area contributed by atoms with Crippen molar-refractivity contribution in [2.45, 2.75) is 64.5 Å². The number of hydrogen-bond acceptors (Lipinski definition) is 2. The predicted octanol–water partition coefficient (Wildman–Crippen LogP) is 2.21.